The van der Waals surface area contributed by atoms with Gasteiger partial charge in [0.25, 0.3) is 0 Å². The van der Waals surface area contributed by atoms with E-state index in [0.29, 0.717) is 0 Å². The predicted molar refractivity (Wildman–Crippen MR) is 61.6 cm³/mol. The van der Waals surface area contributed by atoms with Crippen LogP contribution < -0.4 is 0 Å². The van der Waals surface area contributed by atoms with E-state index in [-0.39, 0.29) is 27.2 Å². The molecule has 0 saturated carbocycles. The van der Waals surface area contributed by atoms with Crippen LogP contribution in [0.5, 0.6) is 0 Å². The first-order valence-electron chi connectivity index (χ1n) is 4.75. The van der Waals surface area contributed by atoms with Crippen molar-refractivity contribution in [2.75, 3.05) is 0 Å². The standard InChI is InChI=1S/C6H7N.2C2HF3O2.H2N.Pt/c1-6-3-2-4-7-5-6;2*3-2(4,5)1(6)7;;/h2-5H,1H3;2*(H,6,7);1H2;/q;;;-1;. The average molecular weight is 532 g/mol. The molecule has 1 heterocycles. The molecule has 0 aliphatic rings. The first-order valence-corrected chi connectivity index (χ1v) is 4.75. The molecule has 0 amide bonds. The molecule has 1 rings (SSSR count). The number of hydrogen-bond donors (Lipinski definition) is 2. The van der Waals surface area contributed by atoms with Gasteiger partial charge in [0.1, 0.15) is 0 Å². The van der Waals surface area contributed by atoms with Gasteiger partial charge >= 0.3 is 24.3 Å². The topological polar surface area (TPSA) is 121 Å². The van der Waals surface area contributed by atoms with Crippen molar-refractivity contribution in [3.8, 4) is 0 Å². The number of pyridine rings is 1. The molecule has 0 bridgehead atoms. The van der Waals surface area contributed by atoms with E-state index in [1.165, 1.54) is 5.56 Å². The number of rotatable bonds is 0. The second kappa shape index (κ2) is 12.8. The maximum absolute atomic E-state index is 10.6. The molecule has 0 fully saturated rings. The molecule has 1 aromatic heterocycles. The molecular formula is C10H11F6N2O4Pt-. The van der Waals surface area contributed by atoms with Gasteiger partial charge in [0, 0.05) is 33.5 Å². The van der Waals surface area contributed by atoms with Gasteiger partial charge in [-0.2, -0.15) is 26.3 Å². The molecule has 0 unspecified atom stereocenters. The normalized spacial score (nSPS) is 9.52. The van der Waals surface area contributed by atoms with Crippen LogP contribution in [0, 0.1) is 6.92 Å². The van der Waals surface area contributed by atoms with E-state index < -0.39 is 24.3 Å². The summed E-state index contributed by atoms with van der Waals surface area (Å²) >= 11 is 0. The van der Waals surface area contributed by atoms with E-state index in [0.717, 1.165) is 0 Å². The van der Waals surface area contributed by atoms with Crippen molar-refractivity contribution in [3.63, 3.8) is 0 Å². The molecule has 0 spiro atoms. The number of nitrogens with two attached hydrogens (primary N) is 1. The molecule has 0 radical (unpaired) electrons. The molecule has 0 aliphatic heterocycles. The Bertz CT molecular complexity index is 429. The Morgan fingerprint density at radius 3 is 1.39 bits per heavy atom. The van der Waals surface area contributed by atoms with Crippen LogP contribution in [0.25, 0.3) is 6.15 Å². The summed E-state index contributed by atoms with van der Waals surface area (Å²) in [5, 5.41) is 14.2. The van der Waals surface area contributed by atoms with Gasteiger partial charge in [0.05, 0.1) is 0 Å². The largest absolute Gasteiger partial charge is 0.693 e. The summed E-state index contributed by atoms with van der Waals surface area (Å²) in [4.78, 5) is 21.7. The Balaban J connectivity index is -0.000000113. The Morgan fingerprint density at radius 1 is 1.00 bits per heavy atom. The van der Waals surface area contributed by atoms with Crippen LogP contribution in [0.3, 0.4) is 0 Å². The number of aliphatic carboxylic acids is 2. The van der Waals surface area contributed by atoms with E-state index in [4.69, 9.17) is 19.8 Å². The summed E-state index contributed by atoms with van der Waals surface area (Å²) in [5.74, 6) is -5.51. The van der Waals surface area contributed by atoms with Crippen molar-refractivity contribution in [2.24, 2.45) is 0 Å². The van der Waals surface area contributed by atoms with Crippen LogP contribution in [0.15, 0.2) is 24.5 Å². The van der Waals surface area contributed by atoms with Gasteiger partial charge in [-0.05, 0) is 18.6 Å². The molecule has 0 saturated heterocycles. The summed E-state index contributed by atoms with van der Waals surface area (Å²) < 4.78 is 63.5. The van der Waals surface area contributed by atoms with Crippen molar-refractivity contribution in [3.05, 3.63) is 36.2 Å². The maximum atomic E-state index is 10.6. The molecule has 0 aromatic carbocycles. The molecule has 0 aliphatic carbocycles. The number of carboxylic acids is 2. The Labute approximate surface area is 140 Å². The minimum Gasteiger partial charge on any atom is -0.693 e. The average Bonchev–Trinajstić information content (AvgIpc) is 2.28. The van der Waals surface area contributed by atoms with Crippen molar-refractivity contribution >= 4 is 11.9 Å². The fraction of sp³-hybridized carbons (Fsp3) is 0.300. The number of alkyl halides is 6. The zero-order valence-electron chi connectivity index (χ0n) is 11.1. The first kappa shape index (κ1) is 29.3. The van der Waals surface area contributed by atoms with E-state index >= 15 is 0 Å². The van der Waals surface area contributed by atoms with E-state index in [9.17, 15) is 26.3 Å². The minimum absolute atomic E-state index is 0. The summed E-state index contributed by atoms with van der Waals surface area (Å²) in [6.45, 7) is 2.02. The molecular weight excluding hydrogens is 521 g/mol. The van der Waals surface area contributed by atoms with Crippen LogP contribution in [0.2, 0.25) is 0 Å². The zero-order chi connectivity index (χ0) is 17.3. The number of aromatic nitrogens is 1. The van der Waals surface area contributed by atoms with E-state index in [1.54, 1.807) is 6.20 Å². The van der Waals surface area contributed by atoms with E-state index in [2.05, 4.69) is 4.98 Å². The van der Waals surface area contributed by atoms with E-state index in [1.807, 2.05) is 25.3 Å². The molecule has 6 nitrogen and oxygen atoms in total. The number of aryl methyl sites for hydroxylation is 1. The summed E-state index contributed by atoms with van der Waals surface area (Å²) in [5.41, 5.74) is 1.21. The number of hydrogen-bond acceptors (Lipinski definition) is 3. The van der Waals surface area contributed by atoms with Crippen LogP contribution in [-0.2, 0) is 30.7 Å². The third-order valence-corrected chi connectivity index (χ3v) is 1.29. The third-order valence-electron chi connectivity index (χ3n) is 1.29. The van der Waals surface area contributed by atoms with Gasteiger partial charge < -0.3 is 16.4 Å². The number of carbonyl (C=O) groups is 2. The van der Waals surface area contributed by atoms with Crippen molar-refractivity contribution < 1.29 is 67.2 Å². The number of carboxylic acid groups (broad SMARTS) is 2. The Hall–Kier alpha value is -1.68. The van der Waals surface area contributed by atoms with Crippen LogP contribution >= 0.6 is 0 Å². The fourth-order valence-corrected chi connectivity index (χ4v) is 0.448. The first-order chi connectivity index (χ1) is 9.28. The predicted octanol–water partition coefficient (Wildman–Crippen LogP) is 3.37. The van der Waals surface area contributed by atoms with Gasteiger partial charge in [0.15, 0.2) is 0 Å². The molecule has 23 heavy (non-hydrogen) atoms. The molecule has 1 aromatic rings. The molecule has 13 heteroatoms. The third kappa shape index (κ3) is 20.3. The quantitative estimate of drug-likeness (QED) is 0.497. The molecule has 138 valence electrons. The van der Waals surface area contributed by atoms with Crippen molar-refractivity contribution in [1.82, 2.24) is 4.98 Å². The van der Waals surface area contributed by atoms with Crippen LogP contribution in [0.1, 0.15) is 5.56 Å². The summed E-state index contributed by atoms with van der Waals surface area (Å²) in [7, 11) is 0. The van der Waals surface area contributed by atoms with Gasteiger partial charge in [-0.1, -0.05) is 6.07 Å². The summed E-state index contributed by atoms with van der Waals surface area (Å²) in [6.07, 6.45) is -6.56. The zero-order valence-corrected chi connectivity index (χ0v) is 13.4. The maximum Gasteiger partial charge on any atom is 0.490 e. The second-order valence-corrected chi connectivity index (χ2v) is 3.14. The van der Waals surface area contributed by atoms with Crippen LogP contribution in [0.4, 0.5) is 26.3 Å². The van der Waals surface area contributed by atoms with Crippen LogP contribution in [-0.4, -0.2) is 39.5 Å². The fourth-order valence-electron chi connectivity index (χ4n) is 0.448. The van der Waals surface area contributed by atoms with Crippen molar-refractivity contribution in [2.45, 2.75) is 19.3 Å². The second-order valence-electron chi connectivity index (χ2n) is 3.14. The minimum atomic E-state index is -5.08. The number of halogens is 6. The molecule has 4 N–H and O–H groups in total. The van der Waals surface area contributed by atoms with Crippen molar-refractivity contribution in [1.29, 1.82) is 0 Å². The van der Waals surface area contributed by atoms with Gasteiger partial charge in [0.2, 0.25) is 0 Å². The molecule has 0 atom stereocenters. The number of nitrogens with zero attached hydrogens (tertiary/aromatic N) is 1. The SMILES string of the molecule is Cc1cccnc1.O=C(O)C(F)(F)F.O=C(O)C(F)(F)F.[NH2-].[Pt]. The monoisotopic (exact) mass is 532 g/mol. The van der Waals surface area contributed by atoms with Gasteiger partial charge in [-0.3, -0.25) is 4.98 Å². The Morgan fingerprint density at radius 2 is 1.30 bits per heavy atom. The Kier molecular flexibility index (Phi) is 16.4. The smallest absolute Gasteiger partial charge is 0.490 e. The van der Waals surface area contributed by atoms with Gasteiger partial charge in [-0.25, -0.2) is 9.59 Å². The van der Waals surface area contributed by atoms with Gasteiger partial charge in [-0.15, -0.1) is 0 Å². The summed E-state index contributed by atoms with van der Waals surface area (Å²) in [6, 6.07) is 3.95.